The molecule has 0 spiro atoms. The van der Waals surface area contributed by atoms with Crippen molar-refractivity contribution in [3.05, 3.63) is 41.6 Å². The highest BCUT2D eigenvalue weighted by Crippen LogP contribution is 2.28. The molecule has 0 saturated carbocycles. The van der Waals surface area contributed by atoms with Gasteiger partial charge in [-0.3, -0.25) is 0 Å². The van der Waals surface area contributed by atoms with E-state index in [1.54, 1.807) is 12.1 Å². The second-order valence-corrected chi connectivity index (χ2v) is 3.16. The summed E-state index contributed by atoms with van der Waals surface area (Å²) in [6.45, 7) is 0. The van der Waals surface area contributed by atoms with Crippen LogP contribution in [0.2, 0.25) is 5.02 Å². The summed E-state index contributed by atoms with van der Waals surface area (Å²) in [5.74, 6) is 0.108. The number of benzene rings is 1. The Kier molecular flexibility index (Phi) is 1.99. The fraction of sp³-hybridized carbons (Fsp3) is 0. The molecule has 0 amide bonds. The average molecular weight is 194 g/mol. The molecule has 3 heteroatoms. The first-order chi connectivity index (χ1) is 6.27. The van der Waals surface area contributed by atoms with Crippen molar-refractivity contribution in [3.63, 3.8) is 0 Å². The Morgan fingerprint density at radius 1 is 1.23 bits per heavy atom. The maximum atomic E-state index is 9.20. The van der Waals surface area contributed by atoms with Crippen molar-refractivity contribution < 1.29 is 5.11 Å². The highest BCUT2D eigenvalue weighted by Gasteiger charge is 2.01. The first-order valence-corrected chi connectivity index (χ1v) is 4.27. The molecule has 0 aliphatic carbocycles. The molecule has 2 N–H and O–H groups in total. The number of rotatable bonds is 1. The van der Waals surface area contributed by atoms with Crippen LogP contribution in [0.1, 0.15) is 0 Å². The molecular weight excluding hydrogens is 186 g/mol. The molecule has 1 heterocycles. The molecule has 1 aromatic heterocycles. The van der Waals surface area contributed by atoms with Crippen molar-refractivity contribution in [2.45, 2.75) is 0 Å². The largest absolute Gasteiger partial charge is 0.506 e. The van der Waals surface area contributed by atoms with Gasteiger partial charge in [-0.25, -0.2) is 0 Å². The van der Waals surface area contributed by atoms with Crippen LogP contribution in [0.15, 0.2) is 36.5 Å². The maximum absolute atomic E-state index is 9.20. The topological polar surface area (TPSA) is 36.0 Å². The number of aromatic amines is 1. The number of H-pyrrole nitrogens is 1. The Balaban J connectivity index is 2.49. The predicted octanol–water partition coefficient (Wildman–Crippen LogP) is 3.04. The Bertz CT molecular complexity index is 409. The van der Waals surface area contributed by atoms with Gasteiger partial charge < -0.3 is 10.1 Å². The van der Waals surface area contributed by atoms with E-state index in [1.165, 1.54) is 0 Å². The molecule has 0 fully saturated rings. The first-order valence-electron chi connectivity index (χ1n) is 3.89. The minimum absolute atomic E-state index is 0.108. The Morgan fingerprint density at radius 3 is 2.69 bits per heavy atom. The molecule has 0 atom stereocenters. The van der Waals surface area contributed by atoms with E-state index in [0.29, 0.717) is 5.02 Å². The lowest BCUT2D eigenvalue weighted by Crippen LogP contribution is -1.76. The molecule has 2 rings (SSSR count). The second-order valence-electron chi connectivity index (χ2n) is 2.75. The van der Waals surface area contributed by atoms with Gasteiger partial charge >= 0.3 is 0 Å². The molecule has 2 aromatic rings. The molecule has 1 aromatic carbocycles. The zero-order chi connectivity index (χ0) is 9.26. The smallest absolute Gasteiger partial charge is 0.134 e. The van der Waals surface area contributed by atoms with Gasteiger partial charge in [0.25, 0.3) is 0 Å². The highest BCUT2D eigenvalue weighted by molar-refractivity contribution is 6.32. The number of aromatic nitrogens is 1. The van der Waals surface area contributed by atoms with Crippen molar-refractivity contribution >= 4 is 11.6 Å². The van der Waals surface area contributed by atoms with Gasteiger partial charge in [-0.15, -0.1) is 0 Å². The van der Waals surface area contributed by atoms with Crippen LogP contribution in [0.4, 0.5) is 0 Å². The minimum Gasteiger partial charge on any atom is -0.506 e. The summed E-state index contributed by atoms with van der Waals surface area (Å²) < 4.78 is 0. The zero-order valence-corrected chi connectivity index (χ0v) is 7.55. The van der Waals surface area contributed by atoms with Gasteiger partial charge in [0.05, 0.1) is 5.02 Å². The van der Waals surface area contributed by atoms with Crippen molar-refractivity contribution in [2.24, 2.45) is 0 Å². The van der Waals surface area contributed by atoms with Gasteiger partial charge in [-0.1, -0.05) is 11.6 Å². The van der Waals surface area contributed by atoms with Crippen molar-refractivity contribution in [3.8, 4) is 17.0 Å². The molecule has 0 unspecified atom stereocenters. The van der Waals surface area contributed by atoms with Crippen LogP contribution in [-0.4, -0.2) is 10.1 Å². The lowest BCUT2D eigenvalue weighted by molar-refractivity contribution is 0.475. The van der Waals surface area contributed by atoms with E-state index in [9.17, 15) is 5.11 Å². The summed E-state index contributed by atoms with van der Waals surface area (Å²) in [7, 11) is 0. The zero-order valence-electron chi connectivity index (χ0n) is 6.79. The Labute approximate surface area is 80.8 Å². The molecule has 0 saturated heterocycles. The van der Waals surface area contributed by atoms with Crippen LogP contribution in [-0.2, 0) is 0 Å². The molecule has 0 aliphatic rings. The molecule has 0 bridgehead atoms. The fourth-order valence-electron chi connectivity index (χ4n) is 1.18. The summed E-state index contributed by atoms with van der Waals surface area (Å²) in [6, 6.07) is 8.98. The average Bonchev–Trinajstić information content (AvgIpc) is 2.62. The van der Waals surface area contributed by atoms with E-state index in [0.717, 1.165) is 11.3 Å². The number of hydrogen-bond acceptors (Lipinski definition) is 1. The van der Waals surface area contributed by atoms with E-state index in [1.807, 2.05) is 24.4 Å². The van der Waals surface area contributed by atoms with Crippen molar-refractivity contribution in [1.29, 1.82) is 0 Å². The number of phenolic OH excluding ortho intramolecular Hbond substituents is 1. The third-order valence-electron chi connectivity index (χ3n) is 1.86. The number of aromatic hydroxyl groups is 1. The van der Waals surface area contributed by atoms with Crippen molar-refractivity contribution in [2.75, 3.05) is 0 Å². The Hall–Kier alpha value is -1.41. The minimum atomic E-state index is 0.108. The lowest BCUT2D eigenvalue weighted by Gasteiger charge is -2.00. The van der Waals surface area contributed by atoms with Gasteiger partial charge in [0.1, 0.15) is 5.75 Å². The number of hydrogen-bond donors (Lipinski definition) is 2. The van der Waals surface area contributed by atoms with E-state index in [-0.39, 0.29) is 5.75 Å². The molecule has 0 aliphatic heterocycles. The standard InChI is InChI=1S/C10H8ClNO/c11-8-6-7(3-4-10(8)13)9-2-1-5-12-9/h1-6,12-13H. The maximum Gasteiger partial charge on any atom is 0.134 e. The molecule has 13 heavy (non-hydrogen) atoms. The van der Waals surface area contributed by atoms with Crippen LogP contribution in [0.25, 0.3) is 11.3 Å². The Morgan fingerprint density at radius 2 is 2.08 bits per heavy atom. The molecule has 0 radical (unpaired) electrons. The van der Waals surface area contributed by atoms with Gasteiger partial charge in [0.15, 0.2) is 0 Å². The quantitative estimate of drug-likeness (QED) is 0.718. The summed E-state index contributed by atoms with van der Waals surface area (Å²) >= 11 is 5.77. The van der Waals surface area contributed by atoms with Gasteiger partial charge in [-0.2, -0.15) is 0 Å². The highest BCUT2D eigenvalue weighted by atomic mass is 35.5. The van der Waals surface area contributed by atoms with Crippen LogP contribution in [0, 0.1) is 0 Å². The van der Waals surface area contributed by atoms with Crippen LogP contribution >= 0.6 is 11.6 Å². The summed E-state index contributed by atoms with van der Waals surface area (Å²) in [4.78, 5) is 3.06. The summed E-state index contributed by atoms with van der Waals surface area (Å²) in [5.41, 5.74) is 1.95. The van der Waals surface area contributed by atoms with Crippen LogP contribution in [0.5, 0.6) is 5.75 Å². The number of phenols is 1. The van der Waals surface area contributed by atoms with Crippen LogP contribution < -0.4 is 0 Å². The molecule has 66 valence electrons. The normalized spacial score (nSPS) is 10.2. The lowest BCUT2D eigenvalue weighted by atomic mass is 10.1. The van der Waals surface area contributed by atoms with E-state index >= 15 is 0 Å². The monoisotopic (exact) mass is 193 g/mol. The van der Waals surface area contributed by atoms with Crippen molar-refractivity contribution in [1.82, 2.24) is 4.98 Å². The molecular formula is C10H8ClNO. The second kappa shape index (κ2) is 3.15. The number of nitrogens with one attached hydrogen (secondary N) is 1. The van der Waals surface area contributed by atoms with Gasteiger partial charge in [-0.05, 0) is 35.9 Å². The van der Waals surface area contributed by atoms with Gasteiger partial charge in [0.2, 0.25) is 0 Å². The molecule has 2 nitrogen and oxygen atoms in total. The fourth-order valence-corrected chi connectivity index (χ4v) is 1.36. The van der Waals surface area contributed by atoms with Crippen LogP contribution in [0.3, 0.4) is 0 Å². The third-order valence-corrected chi connectivity index (χ3v) is 2.16. The SMILES string of the molecule is Oc1ccc(-c2ccc[nH]2)cc1Cl. The first kappa shape index (κ1) is 8.20. The van der Waals surface area contributed by atoms with E-state index in [4.69, 9.17) is 11.6 Å². The predicted molar refractivity (Wildman–Crippen MR) is 52.9 cm³/mol. The third kappa shape index (κ3) is 1.53. The number of halogens is 1. The summed E-state index contributed by atoms with van der Waals surface area (Å²) in [5, 5.41) is 9.57. The van der Waals surface area contributed by atoms with E-state index < -0.39 is 0 Å². The van der Waals surface area contributed by atoms with Gasteiger partial charge in [0, 0.05) is 11.9 Å². The summed E-state index contributed by atoms with van der Waals surface area (Å²) in [6.07, 6.45) is 1.84. The van der Waals surface area contributed by atoms with E-state index in [2.05, 4.69) is 4.98 Å².